The molecule has 0 atom stereocenters. The quantitative estimate of drug-likeness (QED) is 0.243. The number of hydrogen-bond acceptors (Lipinski definition) is 3. The lowest BCUT2D eigenvalue weighted by Crippen LogP contribution is -1.96. The summed E-state index contributed by atoms with van der Waals surface area (Å²) in [5.41, 5.74) is 14.9. The second kappa shape index (κ2) is 6.10. The molecule has 2 aliphatic rings. The van der Waals surface area contributed by atoms with Gasteiger partial charge in [-0.1, -0.05) is 48.5 Å². The summed E-state index contributed by atoms with van der Waals surface area (Å²) in [5, 5.41) is 3.55. The molecule has 7 aromatic rings. The summed E-state index contributed by atoms with van der Waals surface area (Å²) in [5.74, 6) is 0. The van der Waals surface area contributed by atoms with E-state index >= 15 is 0 Å². The van der Waals surface area contributed by atoms with Crippen LogP contribution < -0.4 is 0 Å². The van der Waals surface area contributed by atoms with Crippen molar-refractivity contribution in [3.8, 4) is 22.3 Å². The van der Waals surface area contributed by atoms with Crippen molar-refractivity contribution in [3.05, 3.63) is 107 Å². The highest BCUT2D eigenvalue weighted by molar-refractivity contribution is 6.19. The number of hydrogen-bond donors (Lipinski definition) is 0. The molecule has 2 aliphatic carbocycles. The van der Waals surface area contributed by atoms with Gasteiger partial charge in [0, 0.05) is 28.6 Å². The largest absolute Gasteiger partial charge is 0.260 e. The van der Waals surface area contributed by atoms with E-state index in [0.29, 0.717) is 0 Å². The Morgan fingerprint density at radius 2 is 1.34 bits per heavy atom. The molecule has 9 rings (SSSR count). The van der Waals surface area contributed by atoms with Crippen LogP contribution in [-0.2, 0) is 12.8 Å². The molecule has 0 saturated heterocycles. The molecule has 4 nitrogen and oxygen atoms in total. The monoisotopic (exact) mass is 446 g/mol. The van der Waals surface area contributed by atoms with Crippen molar-refractivity contribution in [2.75, 3.05) is 0 Å². The van der Waals surface area contributed by atoms with Crippen LogP contribution in [0.2, 0.25) is 0 Å². The fourth-order valence-electron chi connectivity index (χ4n) is 6.53. The van der Waals surface area contributed by atoms with E-state index in [0.717, 1.165) is 46.1 Å². The summed E-state index contributed by atoms with van der Waals surface area (Å²) in [6.45, 7) is 0. The predicted molar refractivity (Wildman–Crippen MR) is 140 cm³/mol. The minimum Gasteiger partial charge on any atom is -0.260 e. The molecule has 0 N–H and O–H groups in total. The lowest BCUT2D eigenvalue weighted by atomic mass is 9.94. The Bertz CT molecular complexity index is 2070. The van der Waals surface area contributed by atoms with E-state index in [2.05, 4.69) is 64.0 Å². The van der Waals surface area contributed by atoms with Gasteiger partial charge in [-0.15, -0.1) is 0 Å². The third kappa shape index (κ3) is 2.11. The van der Waals surface area contributed by atoms with Crippen molar-refractivity contribution in [3.63, 3.8) is 0 Å². The van der Waals surface area contributed by atoms with E-state index in [9.17, 15) is 0 Å². The number of fused-ring (bicyclic) bond motifs is 16. The van der Waals surface area contributed by atoms with Crippen LogP contribution in [0.5, 0.6) is 0 Å². The van der Waals surface area contributed by atoms with Gasteiger partial charge >= 0.3 is 0 Å². The van der Waals surface area contributed by atoms with Crippen molar-refractivity contribution < 1.29 is 0 Å². The molecule has 0 radical (unpaired) electrons. The highest BCUT2D eigenvalue weighted by Gasteiger charge is 2.30. The molecule has 4 heteroatoms. The topological polar surface area (TPSA) is 43.1 Å². The molecular weight excluding hydrogens is 428 g/mol. The molecule has 0 fully saturated rings. The zero-order valence-corrected chi connectivity index (χ0v) is 18.8. The van der Waals surface area contributed by atoms with Crippen LogP contribution in [0, 0.1) is 0 Å². The average molecular weight is 447 g/mol. The molecule has 35 heavy (non-hydrogen) atoms. The second-order valence-corrected chi connectivity index (χ2v) is 9.64. The molecule has 3 aromatic carbocycles. The molecular formula is C31H18N4. The van der Waals surface area contributed by atoms with Gasteiger partial charge in [-0.25, -0.2) is 15.0 Å². The fourth-order valence-corrected chi connectivity index (χ4v) is 6.53. The van der Waals surface area contributed by atoms with Gasteiger partial charge < -0.3 is 0 Å². The number of aromatic nitrogens is 4. The van der Waals surface area contributed by atoms with Gasteiger partial charge in [-0.05, 0) is 81.6 Å². The summed E-state index contributed by atoms with van der Waals surface area (Å²) < 4.78 is 2.12. The minimum absolute atomic E-state index is 0.851. The summed E-state index contributed by atoms with van der Waals surface area (Å²) >= 11 is 0. The Morgan fingerprint density at radius 1 is 0.571 bits per heavy atom. The van der Waals surface area contributed by atoms with E-state index in [4.69, 9.17) is 9.97 Å². The molecule has 0 unspecified atom stereocenters. The minimum atomic E-state index is 0.851. The van der Waals surface area contributed by atoms with Gasteiger partial charge in [0.2, 0.25) is 0 Å². The predicted octanol–water partition coefficient (Wildman–Crippen LogP) is 6.73. The normalized spacial score (nSPS) is 13.5. The van der Waals surface area contributed by atoms with Crippen LogP contribution in [0.25, 0.3) is 60.9 Å². The van der Waals surface area contributed by atoms with Crippen LogP contribution in [-0.4, -0.2) is 19.4 Å². The van der Waals surface area contributed by atoms with Gasteiger partial charge in [0.1, 0.15) is 16.8 Å². The summed E-state index contributed by atoms with van der Waals surface area (Å²) in [6.07, 6.45) is 5.68. The molecule has 0 saturated carbocycles. The van der Waals surface area contributed by atoms with Crippen LogP contribution in [0.1, 0.15) is 22.3 Å². The molecule has 162 valence electrons. The zero-order chi connectivity index (χ0) is 22.7. The Morgan fingerprint density at radius 3 is 2.31 bits per heavy atom. The third-order valence-corrected chi connectivity index (χ3v) is 7.96. The number of benzene rings is 3. The Kier molecular flexibility index (Phi) is 3.11. The second-order valence-electron chi connectivity index (χ2n) is 9.64. The van der Waals surface area contributed by atoms with E-state index < -0.39 is 0 Å². The first-order valence-electron chi connectivity index (χ1n) is 12.1. The number of rotatable bonds is 0. The molecule has 0 amide bonds. The van der Waals surface area contributed by atoms with Crippen molar-refractivity contribution in [1.82, 2.24) is 19.4 Å². The average Bonchev–Trinajstić information content (AvgIpc) is 3.59. The van der Waals surface area contributed by atoms with Crippen molar-refractivity contribution in [2.24, 2.45) is 0 Å². The smallest absolute Gasteiger partial charge is 0.166 e. The standard InChI is InChI=1S/C31H18N4/c1-2-6-19-17(5-1)15-24-20(19)11-12-21-25(24)16-18-9-10-23-28(27(18)21)22-7-3-13-32-29(22)35-30(23)34-26-8-4-14-33-31(26)35/h1-14H,15-16H2. The molecule has 0 spiro atoms. The maximum absolute atomic E-state index is 5.02. The lowest BCUT2D eigenvalue weighted by Gasteiger charge is -2.13. The van der Waals surface area contributed by atoms with Crippen molar-refractivity contribution in [1.29, 1.82) is 0 Å². The SMILES string of the molecule is c1ccc2c(c1)Cc1c-2ccc2c1Cc1ccc3c(c1-2)c1cccnc1n1c2ncccc2nc31. The fraction of sp³-hybridized carbons (Fsp3) is 0.0645. The van der Waals surface area contributed by atoms with Gasteiger partial charge in [0.15, 0.2) is 5.65 Å². The van der Waals surface area contributed by atoms with Crippen molar-refractivity contribution in [2.45, 2.75) is 12.8 Å². The first-order valence-corrected chi connectivity index (χ1v) is 12.1. The van der Waals surface area contributed by atoms with Crippen LogP contribution in [0.3, 0.4) is 0 Å². The number of pyridine rings is 3. The van der Waals surface area contributed by atoms with E-state index in [-0.39, 0.29) is 0 Å². The van der Waals surface area contributed by atoms with Gasteiger partial charge in [0.05, 0.1) is 0 Å². The van der Waals surface area contributed by atoms with Crippen LogP contribution in [0.4, 0.5) is 0 Å². The molecule has 0 bridgehead atoms. The zero-order valence-electron chi connectivity index (χ0n) is 18.8. The van der Waals surface area contributed by atoms with Gasteiger partial charge in [-0.3, -0.25) is 4.40 Å². The third-order valence-electron chi connectivity index (χ3n) is 7.96. The van der Waals surface area contributed by atoms with E-state index in [1.54, 1.807) is 0 Å². The Labute approximate surface area is 200 Å². The Balaban J connectivity index is 1.44. The number of imidazole rings is 1. The summed E-state index contributed by atoms with van der Waals surface area (Å²) in [4.78, 5) is 14.5. The molecule has 0 aliphatic heterocycles. The van der Waals surface area contributed by atoms with E-state index in [1.807, 2.05) is 30.6 Å². The highest BCUT2D eigenvalue weighted by atomic mass is 15.1. The van der Waals surface area contributed by atoms with Crippen molar-refractivity contribution >= 4 is 38.6 Å². The molecule has 4 aromatic heterocycles. The number of nitrogens with zero attached hydrogens (tertiary/aromatic N) is 4. The van der Waals surface area contributed by atoms with Gasteiger partial charge in [0.25, 0.3) is 0 Å². The van der Waals surface area contributed by atoms with E-state index in [1.165, 1.54) is 49.9 Å². The Hall–Kier alpha value is -4.57. The maximum Gasteiger partial charge on any atom is 0.166 e. The first kappa shape index (κ1) is 17.8. The highest BCUT2D eigenvalue weighted by Crippen LogP contribution is 2.49. The first-order chi connectivity index (χ1) is 17.4. The van der Waals surface area contributed by atoms with Gasteiger partial charge in [-0.2, -0.15) is 0 Å². The molecule has 4 heterocycles. The summed E-state index contributed by atoms with van der Waals surface area (Å²) in [6, 6.07) is 26.3. The summed E-state index contributed by atoms with van der Waals surface area (Å²) in [7, 11) is 0. The van der Waals surface area contributed by atoms with Crippen LogP contribution >= 0.6 is 0 Å². The lowest BCUT2D eigenvalue weighted by molar-refractivity contribution is 1.16. The van der Waals surface area contributed by atoms with Crippen LogP contribution in [0.15, 0.2) is 85.2 Å². The maximum atomic E-state index is 5.02.